The van der Waals surface area contributed by atoms with Crippen LogP contribution in [0.4, 0.5) is 4.79 Å². The number of rotatable bonds is 7. The van der Waals surface area contributed by atoms with Gasteiger partial charge in [0.1, 0.15) is 6.10 Å². The molecule has 0 spiro atoms. The quantitative estimate of drug-likeness (QED) is 0.392. The molecule has 4 aliphatic rings. The zero-order valence-electron chi connectivity index (χ0n) is 22.4. The number of carbonyl (C=O) groups excluding carboxylic acids is 1. The van der Waals surface area contributed by atoms with Crippen LogP contribution >= 0.6 is 0 Å². The Hall–Kier alpha value is -0.990. The summed E-state index contributed by atoms with van der Waals surface area (Å²) in [7, 11) is 0. The largest absolute Gasteiger partial charge is 0.446 e. The summed E-state index contributed by atoms with van der Waals surface area (Å²) in [6, 6.07) is 0. The van der Waals surface area contributed by atoms with Gasteiger partial charge in [0.2, 0.25) is 0 Å². The van der Waals surface area contributed by atoms with Crippen molar-refractivity contribution in [3.63, 3.8) is 0 Å². The minimum atomic E-state index is -0.242. The van der Waals surface area contributed by atoms with Crippen LogP contribution in [0.2, 0.25) is 0 Å². The Morgan fingerprint density at radius 1 is 1.09 bits per heavy atom. The molecule has 0 aliphatic heterocycles. The van der Waals surface area contributed by atoms with Crippen molar-refractivity contribution in [2.75, 3.05) is 6.54 Å². The van der Waals surface area contributed by atoms with E-state index in [0.717, 1.165) is 48.3 Å². The SMILES string of the molecule is CCNC(=O)O[C@H]1CC[C@@]2(C)C(=CC[C@@H]3[C@H]4CC[C@@H]([C@H](C)CCCC(C)C)[C@@]4(C)CC[C@H]32)C1. The molecular formula is C30H51NO2. The lowest BCUT2D eigenvalue weighted by Crippen LogP contribution is -2.51. The molecule has 0 heterocycles. The fourth-order valence-corrected chi connectivity index (χ4v) is 9.09. The molecule has 33 heavy (non-hydrogen) atoms. The minimum absolute atomic E-state index is 0.0591. The number of alkyl carbamates (subject to hydrolysis) is 1. The van der Waals surface area contributed by atoms with Crippen LogP contribution in [0.1, 0.15) is 112 Å². The van der Waals surface area contributed by atoms with E-state index in [2.05, 4.69) is 46.0 Å². The van der Waals surface area contributed by atoms with Gasteiger partial charge in [0.25, 0.3) is 0 Å². The average molecular weight is 458 g/mol. The average Bonchev–Trinajstić information content (AvgIpc) is 3.11. The smallest absolute Gasteiger partial charge is 0.407 e. The van der Waals surface area contributed by atoms with Crippen LogP contribution in [0, 0.1) is 46.3 Å². The fraction of sp³-hybridized carbons (Fsp3) is 0.900. The van der Waals surface area contributed by atoms with Gasteiger partial charge in [0.05, 0.1) is 0 Å². The number of amides is 1. The van der Waals surface area contributed by atoms with Crippen molar-refractivity contribution < 1.29 is 9.53 Å². The molecule has 1 N–H and O–H groups in total. The van der Waals surface area contributed by atoms with Gasteiger partial charge in [-0.05, 0) is 98.2 Å². The second kappa shape index (κ2) is 9.94. The van der Waals surface area contributed by atoms with Crippen molar-refractivity contribution in [3.05, 3.63) is 11.6 Å². The molecule has 3 fully saturated rings. The molecule has 0 saturated heterocycles. The Morgan fingerprint density at radius 3 is 2.61 bits per heavy atom. The standard InChI is InChI=1S/C30H51NO2/c1-7-31-28(32)33-23-15-17-29(5)22(19-23)11-12-24-26-14-13-25(21(4)10-8-9-20(2)3)30(26,6)18-16-27(24)29/h11,20-21,23-27H,7-10,12-19H2,1-6H3,(H,31,32)/t21-,23+,24-,25+,26-,27-,29+,30-/m1/s1. The maximum atomic E-state index is 12.0. The lowest BCUT2D eigenvalue weighted by molar-refractivity contribution is -0.0581. The van der Waals surface area contributed by atoms with E-state index in [1.54, 1.807) is 5.57 Å². The summed E-state index contributed by atoms with van der Waals surface area (Å²) >= 11 is 0. The van der Waals surface area contributed by atoms with E-state index >= 15 is 0 Å². The van der Waals surface area contributed by atoms with E-state index in [4.69, 9.17) is 4.74 Å². The topological polar surface area (TPSA) is 38.3 Å². The molecule has 3 saturated carbocycles. The van der Waals surface area contributed by atoms with Crippen LogP contribution in [0.15, 0.2) is 11.6 Å². The van der Waals surface area contributed by atoms with Crippen molar-refractivity contribution in [1.82, 2.24) is 5.32 Å². The summed E-state index contributed by atoms with van der Waals surface area (Å²) in [5.41, 5.74) is 2.48. The van der Waals surface area contributed by atoms with E-state index in [1.165, 1.54) is 57.8 Å². The molecule has 0 aromatic carbocycles. The van der Waals surface area contributed by atoms with Gasteiger partial charge in [0.15, 0.2) is 0 Å². The molecule has 0 aromatic heterocycles. The Bertz CT molecular complexity index is 729. The molecule has 4 rings (SSSR count). The van der Waals surface area contributed by atoms with Gasteiger partial charge in [-0.2, -0.15) is 0 Å². The predicted molar refractivity (Wildman–Crippen MR) is 137 cm³/mol. The van der Waals surface area contributed by atoms with Gasteiger partial charge in [-0.25, -0.2) is 4.79 Å². The Labute approximate surface area is 203 Å². The molecule has 0 radical (unpaired) electrons. The summed E-state index contributed by atoms with van der Waals surface area (Å²) in [6.45, 7) is 15.1. The first-order chi connectivity index (χ1) is 15.7. The Kier molecular flexibility index (Phi) is 7.56. The first-order valence-electron chi connectivity index (χ1n) is 14.3. The number of hydrogen-bond donors (Lipinski definition) is 1. The van der Waals surface area contributed by atoms with E-state index in [9.17, 15) is 4.79 Å². The second-order valence-corrected chi connectivity index (χ2v) is 13.1. The molecule has 4 aliphatic carbocycles. The molecule has 188 valence electrons. The second-order valence-electron chi connectivity index (χ2n) is 13.1. The van der Waals surface area contributed by atoms with Crippen molar-refractivity contribution >= 4 is 6.09 Å². The summed E-state index contributed by atoms with van der Waals surface area (Å²) in [5.74, 6) is 5.25. The highest BCUT2D eigenvalue weighted by Gasteiger charge is 2.59. The third-order valence-corrected chi connectivity index (χ3v) is 10.9. The molecule has 1 amide bonds. The maximum Gasteiger partial charge on any atom is 0.407 e. The molecule has 3 heteroatoms. The normalized spacial score (nSPS) is 40.9. The molecule has 8 atom stereocenters. The van der Waals surface area contributed by atoms with Crippen molar-refractivity contribution in [2.24, 2.45) is 46.3 Å². The monoisotopic (exact) mass is 457 g/mol. The summed E-state index contributed by atoms with van der Waals surface area (Å²) in [4.78, 5) is 12.0. The zero-order valence-corrected chi connectivity index (χ0v) is 22.4. The molecule has 0 aromatic rings. The molecule has 0 unspecified atom stereocenters. The number of allylic oxidation sites excluding steroid dienone is 1. The highest BCUT2D eigenvalue weighted by molar-refractivity contribution is 5.67. The molecule has 3 nitrogen and oxygen atoms in total. The van der Waals surface area contributed by atoms with Gasteiger partial charge >= 0.3 is 6.09 Å². The van der Waals surface area contributed by atoms with Gasteiger partial charge in [0, 0.05) is 13.0 Å². The predicted octanol–water partition coefficient (Wildman–Crippen LogP) is 8.14. The number of hydrogen-bond acceptors (Lipinski definition) is 2. The van der Waals surface area contributed by atoms with Crippen LogP contribution in [0.25, 0.3) is 0 Å². The van der Waals surface area contributed by atoms with Gasteiger partial charge in [-0.1, -0.05) is 65.5 Å². The number of ether oxygens (including phenoxy) is 1. The number of fused-ring (bicyclic) bond motifs is 5. The van der Waals surface area contributed by atoms with Gasteiger partial charge < -0.3 is 10.1 Å². The third-order valence-electron chi connectivity index (χ3n) is 10.9. The van der Waals surface area contributed by atoms with Crippen LogP contribution < -0.4 is 5.32 Å². The zero-order chi connectivity index (χ0) is 23.8. The maximum absolute atomic E-state index is 12.0. The summed E-state index contributed by atoms with van der Waals surface area (Å²) in [5, 5.41) is 2.80. The highest BCUT2D eigenvalue weighted by atomic mass is 16.6. The lowest BCUT2D eigenvalue weighted by Gasteiger charge is -2.58. The Morgan fingerprint density at radius 2 is 1.88 bits per heavy atom. The summed E-state index contributed by atoms with van der Waals surface area (Å²) in [6.07, 6.45) is 16.8. The van der Waals surface area contributed by atoms with E-state index < -0.39 is 0 Å². The van der Waals surface area contributed by atoms with Crippen LogP contribution in [0.3, 0.4) is 0 Å². The van der Waals surface area contributed by atoms with Gasteiger partial charge in [-0.3, -0.25) is 0 Å². The molecular weight excluding hydrogens is 406 g/mol. The first kappa shape index (κ1) is 25.1. The number of nitrogens with one attached hydrogen (secondary N) is 1. The van der Waals surface area contributed by atoms with Gasteiger partial charge in [-0.15, -0.1) is 0 Å². The number of carbonyl (C=O) groups is 1. The van der Waals surface area contributed by atoms with Crippen LogP contribution in [-0.4, -0.2) is 18.7 Å². The first-order valence-corrected chi connectivity index (χ1v) is 14.3. The van der Waals surface area contributed by atoms with Crippen molar-refractivity contribution in [2.45, 2.75) is 118 Å². The summed E-state index contributed by atoms with van der Waals surface area (Å²) < 4.78 is 5.74. The van der Waals surface area contributed by atoms with Crippen LogP contribution in [-0.2, 0) is 4.74 Å². The van der Waals surface area contributed by atoms with Crippen molar-refractivity contribution in [3.8, 4) is 0 Å². The third kappa shape index (κ3) is 4.76. The molecule has 0 bridgehead atoms. The Balaban J connectivity index is 1.43. The highest BCUT2D eigenvalue weighted by Crippen LogP contribution is 2.67. The van der Waals surface area contributed by atoms with Crippen LogP contribution in [0.5, 0.6) is 0 Å². The van der Waals surface area contributed by atoms with E-state index in [-0.39, 0.29) is 12.2 Å². The lowest BCUT2D eigenvalue weighted by atomic mass is 9.47. The van der Waals surface area contributed by atoms with Crippen molar-refractivity contribution in [1.29, 1.82) is 0 Å². The minimum Gasteiger partial charge on any atom is -0.446 e. The fourth-order valence-electron chi connectivity index (χ4n) is 9.09. The van der Waals surface area contributed by atoms with E-state index in [1.807, 2.05) is 6.92 Å². The van der Waals surface area contributed by atoms with E-state index in [0.29, 0.717) is 17.4 Å².